The third kappa shape index (κ3) is 4.91. The summed E-state index contributed by atoms with van der Waals surface area (Å²) < 4.78 is 7.62. The van der Waals surface area contributed by atoms with Gasteiger partial charge in [0.1, 0.15) is 5.82 Å². The van der Waals surface area contributed by atoms with Crippen molar-refractivity contribution in [2.45, 2.75) is 37.3 Å². The number of ether oxygens (including phenoxy) is 1. The largest absolute Gasteiger partial charge is 0.381 e. The van der Waals surface area contributed by atoms with Gasteiger partial charge < -0.3 is 14.6 Å². The smallest absolute Gasteiger partial charge is 0.191 e. The number of rotatable bonds is 7. The normalized spacial score (nSPS) is 18.8. The first-order valence-corrected chi connectivity index (χ1v) is 8.12. The van der Waals surface area contributed by atoms with E-state index in [0.29, 0.717) is 5.92 Å². The number of halogens is 1. The topological polar surface area (TPSA) is 52.0 Å². The van der Waals surface area contributed by atoms with Crippen molar-refractivity contribution >= 4 is 24.2 Å². The molecule has 1 saturated heterocycles. The zero-order chi connectivity index (χ0) is 13.5. The van der Waals surface area contributed by atoms with Gasteiger partial charge >= 0.3 is 0 Å². The van der Waals surface area contributed by atoms with Crippen LogP contribution < -0.4 is 5.32 Å². The number of piperidine rings is 1. The molecular formula is C13H25ClN4OS. The molecule has 1 aliphatic rings. The van der Waals surface area contributed by atoms with Gasteiger partial charge in [-0.05, 0) is 25.8 Å². The van der Waals surface area contributed by atoms with Crippen LogP contribution in [0.25, 0.3) is 0 Å². The lowest BCUT2D eigenvalue weighted by Crippen LogP contribution is -2.29. The van der Waals surface area contributed by atoms with Crippen molar-refractivity contribution in [1.29, 1.82) is 0 Å². The third-order valence-corrected chi connectivity index (χ3v) is 4.32. The van der Waals surface area contributed by atoms with Crippen LogP contribution in [0.3, 0.4) is 0 Å². The Morgan fingerprint density at radius 3 is 2.95 bits per heavy atom. The second-order valence-corrected chi connectivity index (χ2v) is 5.97. The van der Waals surface area contributed by atoms with E-state index in [0.717, 1.165) is 49.5 Å². The van der Waals surface area contributed by atoms with Crippen molar-refractivity contribution in [1.82, 2.24) is 20.1 Å². The van der Waals surface area contributed by atoms with Gasteiger partial charge in [0.15, 0.2) is 5.16 Å². The highest BCUT2D eigenvalue weighted by molar-refractivity contribution is 7.99. The molecule has 1 fully saturated rings. The molecule has 20 heavy (non-hydrogen) atoms. The molecule has 0 amide bonds. The number of nitrogens with one attached hydrogen (secondary N) is 1. The van der Waals surface area contributed by atoms with Crippen LogP contribution in [0.4, 0.5) is 0 Å². The number of nitrogens with zero attached hydrogens (tertiary/aromatic N) is 3. The highest BCUT2D eigenvalue weighted by Gasteiger charge is 2.21. The van der Waals surface area contributed by atoms with Crippen molar-refractivity contribution < 1.29 is 4.74 Å². The first-order valence-electron chi connectivity index (χ1n) is 7.13. The van der Waals surface area contributed by atoms with Crippen LogP contribution in [0, 0.1) is 0 Å². The fraction of sp³-hybridized carbons (Fsp3) is 0.846. The highest BCUT2D eigenvalue weighted by atomic mass is 35.5. The maximum absolute atomic E-state index is 5.48. The molecule has 0 aliphatic carbocycles. The van der Waals surface area contributed by atoms with Crippen molar-refractivity contribution in [2.24, 2.45) is 7.05 Å². The number of thioether (sulfide) groups is 1. The van der Waals surface area contributed by atoms with Crippen LogP contribution >= 0.6 is 24.2 Å². The molecule has 116 valence electrons. The Hall–Kier alpha value is -0.300. The first-order chi connectivity index (χ1) is 9.33. The summed E-state index contributed by atoms with van der Waals surface area (Å²) in [7, 11) is 2.07. The predicted octanol–water partition coefficient (Wildman–Crippen LogP) is 2.22. The monoisotopic (exact) mass is 320 g/mol. The molecule has 2 heterocycles. The minimum absolute atomic E-state index is 0. The molecule has 1 aromatic rings. The van der Waals surface area contributed by atoms with E-state index >= 15 is 0 Å². The van der Waals surface area contributed by atoms with Crippen LogP contribution in [0.5, 0.6) is 0 Å². The molecule has 1 aromatic heterocycles. The highest BCUT2D eigenvalue weighted by Crippen LogP contribution is 2.24. The van der Waals surface area contributed by atoms with Gasteiger partial charge in [-0.1, -0.05) is 18.7 Å². The Kier molecular flexibility index (Phi) is 8.52. The first kappa shape index (κ1) is 17.8. The molecule has 7 heteroatoms. The molecule has 1 N–H and O–H groups in total. The Labute approximate surface area is 131 Å². The fourth-order valence-electron chi connectivity index (χ4n) is 2.32. The van der Waals surface area contributed by atoms with Gasteiger partial charge in [0, 0.05) is 31.9 Å². The quantitative estimate of drug-likeness (QED) is 0.616. The van der Waals surface area contributed by atoms with E-state index < -0.39 is 0 Å². The van der Waals surface area contributed by atoms with E-state index in [1.54, 1.807) is 11.8 Å². The van der Waals surface area contributed by atoms with Crippen molar-refractivity contribution in [2.75, 3.05) is 32.1 Å². The third-order valence-electron chi connectivity index (χ3n) is 3.34. The SMILES string of the molecule is CCCOCCSc1nnc(C2CCCNC2)n1C.Cl. The molecule has 0 saturated carbocycles. The van der Waals surface area contributed by atoms with Gasteiger partial charge in [-0.25, -0.2) is 0 Å². The van der Waals surface area contributed by atoms with Crippen molar-refractivity contribution in [3.8, 4) is 0 Å². The maximum atomic E-state index is 5.48. The summed E-state index contributed by atoms with van der Waals surface area (Å²) in [5.41, 5.74) is 0. The average molecular weight is 321 g/mol. The van der Waals surface area contributed by atoms with E-state index in [4.69, 9.17) is 4.74 Å². The Morgan fingerprint density at radius 2 is 2.25 bits per heavy atom. The molecular weight excluding hydrogens is 296 g/mol. The Balaban J connectivity index is 0.00000200. The Morgan fingerprint density at radius 1 is 1.40 bits per heavy atom. The summed E-state index contributed by atoms with van der Waals surface area (Å²) >= 11 is 1.73. The van der Waals surface area contributed by atoms with Gasteiger partial charge in [-0.15, -0.1) is 22.6 Å². The average Bonchev–Trinajstić information content (AvgIpc) is 2.81. The number of aromatic nitrogens is 3. The van der Waals surface area contributed by atoms with Crippen molar-refractivity contribution in [3.63, 3.8) is 0 Å². The zero-order valence-corrected chi connectivity index (χ0v) is 13.9. The molecule has 2 rings (SSSR count). The van der Waals surface area contributed by atoms with E-state index in [-0.39, 0.29) is 12.4 Å². The molecule has 0 aromatic carbocycles. The molecule has 1 atom stereocenters. The van der Waals surface area contributed by atoms with Crippen LogP contribution in [0.2, 0.25) is 0 Å². The van der Waals surface area contributed by atoms with Gasteiger partial charge in [0.05, 0.1) is 6.61 Å². The summed E-state index contributed by atoms with van der Waals surface area (Å²) in [6.45, 7) is 5.91. The summed E-state index contributed by atoms with van der Waals surface area (Å²) in [6, 6.07) is 0. The van der Waals surface area contributed by atoms with Gasteiger partial charge in [0.25, 0.3) is 0 Å². The molecule has 0 radical (unpaired) electrons. The van der Waals surface area contributed by atoms with Gasteiger partial charge in [-0.3, -0.25) is 0 Å². The summed E-state index contributed by atoms with van der Waals surface area (Å²) in [5, 5.41) is 13.1. The second kappa shape index (κ2) is 9.60. The standard InChI is InChI=1S/C13H24N4OS.ClH/c1-3-7-18-8-9-19-13-16-15-12(17(13)2)11-5-4-6-14-10-11;/h11,14H,3-10H2,1-2H3;1H. The second-order valence-electron chi connectivity index (χ2n) is 4.90. The minimum atomic E-state index is 0. The van der Waals surface area contributed by atoms with E-state index in [9.17, 15) is 0 Å². The lowest BCUT2D eigenvalue weighted by Gasteiger charge is -2.21. The summed E-state index contributed by atoms with van der Waals surface area (Å²) in [4.78, 5) is 0. The number of hydrogen-bond donors (Lipinski definition) is 1. The fourth-order valence-corrected chi connectivity index (χ4v) is 3.09. The maximum Gasteiger partial charge on any atom is 0.191 e. The van der Waals surface area contributed by atoms with Gasteiger partial charge in [0.2, 0.25) is 0 Å². The zero-order valence-electron chi connectivity index (χ0n) is 12.3. The lowest BCUT2D eigenvalue weighted by atomic mass is 9.99. The Bertz CT molecular complexity index is 382. The van der Waals surface area contributed by atoms with E-state index in [2.05, 4.69) is 34.1 Å². The molecule has 0 spiro atoms. The lowest BCUT2D eigenvalue weighted by molar-refractivity contribution is 0.151. The molecule has 0 bridgehead atoms. The molecule has 5 nitrogen and oxygen atoms in total. The summed E-state index contributed by atoms with van der Waals surface area (Å²) in [6.07, 6.45) is 3.52. The predicted molar refractivity (Wildman–Crippen MR) is 84.9 cm³/mol. The van der Waals surface area contributed by atoms with E-state index in [1.807, 2.05) is 0 Å². The van der Waals surface area contributed by atoms with Crippen LogP contribution in [-0.2, 0) is 11.8 Å². The van der Waals surface area contributed by atoms with Gasteiger partial charge in [-0.2, -0.15) is 0 Å². The van der Waals surface area contributed by atoms with Crippen LogP contribution in [0.1, 0.15) is 37.9 Å². The van der Waals surface area contributed by atoms with Crippen LogP contribution in [-0.4, -0.2) is 46.8 Å². The summed E-state index contributed by atoms with van der Waals surface area (Å²) in [5.74, 6) is 2.57. The number of hydrogen-bond acceptors (Lipinski definition) is 5. The minimum Gasteiger partial charge on any atom is -0.381 e. The van der Waals surface area contributed by atoms with E-state index in [1.165, 1.54) is 12.8 Å². The van der Waals surface area contributed by atoms with Crippen molar-refractivity contribution in [3.05, 3.63) is 5.82 Å². The van der Waals surface area contributed by atoms with Crippen LogP contribution in [0.15, 0.2) is 5.16 Å². The molecule has 1 aliphatic heterocycles. The molecule has 1 unspecified atom stereocenters.